The molecule has 0 bridgehead atoms. The molecule has 2 unspecified atom stereocenters. The Kier molecular flexibility index (Phi) is 5.94. The maximum atomic E-state index is 11.1. The minimum atomic E-state index is -1.89. The van der Waals surface area contributed by atoms with Crippen molar-refractivity contribution in [3.63, 3.8) is 0 Å². The summed E-state index contributed by atoms with van der Waals surface area (Å²) in [6, 6.07) is 9.92. The van der Waals surface area contributed by atoms with E-state index in [-0.39, 0.29) is 16.6 Å². The molecule has 0 fully saturated rings. The first kappa shape index (κ1) is 20.4. The predicted octanol–water partition coefficient (Wildman–Crippen LogP) is 5.72. The largest absolute Gasteiger partial charge is 0.413 e. The van der Waals surface area contributed by atoms with Crippen LogP contribution >= 0.6 is 0 Å². The maximum absolute atomic E-state index is 11.1. The van der Waals surface area contributed by atoms with Gasteiger partial charge >= 0.3 is 0 Å². The molecule has 2 atom stereocenters. The highest BCUT2D eigenvalue weighted by molar-refractivity contribution is 6.74. The van der Waals surface area contributed by atoms with Crippen molar-refractivity contribution in [3.05, 3.63) is 35.9 Å². The van der Waals surface area contributed by atoms with Gasteiger partial charge < -0.3 is 9.53 Å². The van der Waals surface area contributed by atoms with E-state index in [0.29, 0.717) is 6.42 Å². The third-order valence-corrected chi connectivity index (χ3v) is 9.67. The van der Waals surface area contributed by atoms with Crippen LogP contribution in [0.15, 0.2) is 30.3 Å². The molecule has 0 aromatic heterocycles. The van der Waals surface area contributed by atoms with E-state index in [4.69, 9.17) is 4.43 Å². The van der Waals surface area contributed by atoms with Crippen molar-refractivity contribution in [2.75, 3.05) is 0 Å². The zero-order valence-corrected chi connectivity index (χ0v) is 17.5. The standard InChI is InChI=1S/C20H36O2Si/c1-18(2,3)17(22-23(8,9)19(4,5)6)15-20(7,21)16-13-11-10-12-14-16/h10-14,17,21H,15H2,1-9H3. The average molecular weight is 337 g/mol. The quantitative estimate of drug-likeness (QED) is 0.697. The van der Waals surface area contributed by atoms with Crippen LogP contribution in [-0.4, -0.2) is 19.5 Å². The molecule has 0 radical (unpaired) electrons. The van der Waals surface area contributed by atoms with Gasteiger partial charge in [-0.1, -0.05) is 71.9 Å². The normalized spacial score (nSPS) is 17.7. The van der Waals surface area contributed by atoms with E-state index < -0.39 is 13.9 Å². The Morgan fingerprint density at radius 1 is 0.957 bits per heavy atom. The molecular formula is C20H36O2Si. The molecule has 0 amide bonds. The lowest BCUT2D eigenvalue weighted by molar-refractivity contribution is -0.0316. The molecule has 0 spiro atoms. The molecule has 1 aromatic carbocycles. The van der Waals surface area contributed by atoms with Crippen LogP contribution in [0.25, 0.3) is 0 Å². The molecular weight excluding hydrogens is 300 g/mol. The van der Waals surface area contributed by atoms with E-state index in [0.717, 1.165) is 5.56 Å². The van der Waals surface area contributed by atoms with Crippen LogP contribution < -0.4 is 0 Å². The van der Waals surface area contributed by atoms with Gasteiger partial charge in [0.1, 0.15) is 0 Å². The summed E-state index contributed by atoms with van der Waals surface area (Å²) in [5, 5.41) is 11.2. The van der Waals surface area contributed by atoms with Gasteiger partial charge in [0.05, 0.1) is 11.7 Å². The number of aliphatic hydroxyl groups is 1. The number of hydrogen-bond donors (Lipinski definition) is 1. The molecule has 2 nitrogen and oxygen atoms in total. The van der Waals surface area contributed by atoms with E-state index >= 15 is 0 Å². The van der Waals surface area contributed by atoms with Crippen molar-refractivity contribution < 1.29 is 9.53 Å². The Bertz CT molecular complexity index is 493. The summed E-state index contributed by atoms with van der Waals surface area (Å²) in [6.07, 6.45) is 0.617. The van der Waals surface area contributed by atoms with Gasteiger partial charge in [-0.25, -0.2) is 0 Å². The summed E-state index contributed by atoms with van der Waals surface area (Å²) in [6.45, 7) is 19.8. The molecule has 0 aliphatic rings. The van der Waals surface area contributed by atoms with E-state index in [1.165, 1.54) is 0 Å². The van der Waals surface area contributed by atoms with Gasteiger partial charge in [0, 0.05) is 6.42 Å². The van der Waals surface area contributed by atoms with Crippen molar-refractivity contribution in [2.24, 2.45) is 5.41 Å². The molecule has 132 valence electrons. The molecule has 23 heavy (non-hydrogen) atoms. The maximum Gasteiger partial charge on any atom is 0.192 e. The summed E-state index contributed by atoms with van der Waals surface area (Å²) in [5.74, 6) is 0. The van der Waals surface area contributed by atoms with Gasteiger partial charge in [0.2, 0.25) is 0 Å². The second-order valence-corrected chi connectivity index (χ2v) is 14.3. The van der Waals surface area contributed by atoms with Crippen molar-refractivity contribution in [1.29, 1.82) is 0 Å². The van der Waals surface area contributed by atoms with Crippen LogP contribution in [-0.2, 0) is 10.0 Å². The highest BCUT2D eigenvalue weighted by Crippen LogP contribution is 2.42. The van der Waals surface area contributed by atoms with Crippen LogP contribution in [0.3, 0.4) is 0 Å². The Balaban J connectivity index is 3.06. The minimum Gasteiger partial charge on any atom is -0.413 e. The van der Waals surface area contributed by atoms with Gasteiger partial charge in [-0.2, -0.15) is 0 Å². The smallest absolute Gasteiger partial charge is 0.192 e. The van der Waals surface area contributed by atoms with Crippen LogP contribution in [0, 0.1) is 5.41 Å². The van der Waals surface area contributed by atoms with Gasteiger partial charge in [-0.3, -0.25) is 0 Å². The van der Waals surface area contributed by atoms with E-state index in [2.05, 4.69) is 54.6 Å². The summed E-state index contributed by atoms with van der Waals surface area (Å²) in [7, 11) is -1.89. The molecule has 0 heterocycles. The van der Waals surface area contributed by atoms with E-state index in [1.54, 1.807) is 0 Å². The monoisotopic (exact) mass is 336 g/mol. The van der Waals surface area contributed by atoms with E-state index in [9.17, 15) is 5.11 Å². The molecule has 0 saturated carbocycles. The first-order chi connectivity index (χ1) is 10.2. The zero-order chi connectivity index (χ0) is 18.1. The Morgan fingerprint density at radius 2 is 1.43 bits per heavy atom. The Labute approximate surface area is 144 Å². The molecule has 0 saturated heterocycles. The average Bonchev–Trinajstić information content (AvgIpc) is 2.36. The third kappa shape index (κ3) is 5.44. The first-order valence-corrected chi connectivity index (χ1v) is 11.5. The topological polar surface area (TPSA) is 29.5 Å². The predicted molar refractivity (Wildman–Crippen MR) is 102 cm³/mol. The summed E-state index contributed by atoms with van der Waals surface area (Å²) in [5.41, 5.74) is 0.0450. The number of rotatable bonds is 5. The lowest BCUT2D eigenvalue weighted by Crippen LogP contribution is -2.49. The van der Waals surface area contributed by atoms with Crippen molar-refractivity contribution in [1.82, 2.24) is 0 Å². The van der Waals surface area contributed by atoms with E-state index in [1.807, 2.05) is 37.3 Å². The van der Waals surface area contributed by atoms with Gasteiger partial charge in [-0.05, 0) is 36.0 Å². The molecule has 1 aromatic rings. The fraction of sp³-hybridized carbons (Fsp3) is 0.700. The minimum absolute atomic E-state index is 0.0126. The summed E-state index contributed by atoms with van der Waals surface area (Å²) >= 11 is 0. The summed E-state index contributed by atoms with van der Waals surface area (Å²) in [4.78, 5) is 0. The van der Waals surface area contributed by atoms with Crippen LogP contribution in [0.4, 0.5) is 0 Å². The fourth-order valence-electron chi connectivity index (χ4n) is 2.33. The van der Waals surface area contributed by atoms with Crippen molar-refractivity contribution in [2.45, 2.75) is 84.7 Å². The molecule has 0 aliphatic carbocycles. The molecule has 3 heteroatoms. The first-order valence-electron chi connectivity index (χ1n) is 8.62. The highest BCUT2D eigenvalue weighted by atomic mass is 28.4. The SMILES string of the molecule is CC(O)(CC(O[Si](C)(C)C(C)(C)C)C(C)(C)C)c1ccccc1. The second kappa shape index (κ2) is 6.70. The lowest BCUT2D eigenvalue weighted by atomic mass is 9.80. The van der Waals surface area contributed by atoms with Crippen LogP contribution in [0.1, 0.15) is 60.5 Å². The Hall–Kier alpha value is -0.643. The zero-order valence-electron chi connectivity index (χ0n) is 16.5. The van der Waals surface area contributed by atoms with Crippen LogP contribution in [0.5, 0.6) is 0 Å². The molecule has 1 rings (SSSR count). The lowest BCUT2D eigenvalue weighted by Gasteiger charge is -2.45. The second-order valence-electron chi connectivity index (χ2n) is 9.58. The van der Waals surface area contributed by atoms with Gasteiger partial charge in [-0.15, -0.1) is 0 Å². The fourth-order valence-corrected chi connectivity index (χ4v) is 3.83. The Morgan fingerprint density at radius 3 is 1.83 bits per heavy atom. The highest BCUT2D eigenvalue weighted by Gasteiger charge is 2.43. The van der Waals surface area contributed by atoms with Crippen molar-refractivity contribution >= 4 is 8.32 Å². The third-order valence-electron chi connectivity index (χ3n) is 5.19. The molecule has 1 N–H and O–H groups in total. The summed E-state index contributed by atoms with van der Waals surface area (Å²) < 4.78 is 6.70. The molecule has 0 aliphatic heterocycles. The van der Waals surface area contributed by atoms with Gasteiger partial charge in [0.15, 0.2) is 8.32 Å². The number of benzene rings is 1. The van der Waals surface area contributed by atoms with Crippen molar-refractivity contribution in [3.8, 4) is 0 Å². The number of hydrogen-bond acceptors (Lipinski definition) is 2. The van der Waals surface area contributed by atoms with Crippen LogP contribution in [0.2, 0.25) is 18.1 Å². The van der Waals surface area contributed by atoms with Gasteiger partial charge in [0.25, 0.3) is 0 Å².